The van der Waals surface area contributed by atoms with Gasteiger partial charge in [0.2, 0.25) is 0 Å². The quantitative estimate of drug-likeness (QED) is 0.524. The third-order valence-electron chi connectivity index (χ3n) is 5.67. The van der Waals surface area contributed by atoms with Gasteiger partial charge in [-0.15, -0.1) is 0 Å². The van der Waals surface area contributed by atoms with Gasteiger partial charge in [-0.05, 0) is 57.4 Å². The molecule has 7 nitrogen and oxygen atoms in total. The number of carbonyl (C=O) groups excluding carboxylic acids is 1. The summed E-state index contributed by atoms with van der Waals surface area (Å²) in [5.41, 5.74) is 5.21. The maximum Gasteiger partial charge on any atom is 0.253 e. The molecule has 30 heavy (non-hydrogen) atoms. The number of nitrogens with zero attached hydrogens (tertiary/aromatic N) is 6. The van der Waals surface area contributed by atoms with E-state index in [0.29, 0.717) is 5.56 Å². The number of amides is 1. The van der Waals surface area contributed by atoms with Gasteiger partial charge in [-0.2, -0.15) is 5.10 Å². The Kier molecular flexibility index (Phi) is 4.58. The molecule has 0 atom stereocenters. The van der Waals surface area contributed by atoms with Gasteiger partial charge in [0, 0.05) is 48.1 Å². The summed E-state index contributed by atoms with van der Waals surface area (Å²) in [6.45, 7) is 5.67. The highest BCUT2D eigenvalue weighted by Gasteiger charge is 2.20. The Morgan fingerprint density at radius 1 is 1.07 bits per heavy atom. The van der Waals surface area contributed by atoms with Gasteiger partial charge in [0.05, 0.1) is 11.8 Å². The molecular weight excluding hydrogens is 376 g/mol. The first kappa shape index (κ1) is 18.5. The second-order valence-electron chi connectivity index (χ2n) is 7.86. The van der Waals surface area contributed by atoms with Crippen LogP contribution in [0.4, 0.5) is 0 Å². The van der Waals surface area contributed by atoms with Crippen LogP contribution >= 0.6 is 0 Å². The van der Waals surface area contributed by atoms with Crippen molar-refractivity contribution in [3.05, 3.63) is 65.9 Å². The molecule has 1 fully saturated rings. The van der Waals surface area contributed by atoms with Gasteiger partial charge in [-0.1, -0.05) is 6.07 Å². The second kappa shape index (κ2) is 7.40. The predicted molar refractivity (Wildman–Crippen MR) is 115 cm³/mol. The van der Waals surface area contributed by atoms with Gasteiger partial charge in [-0.25, -0.2) is 14.5 Å². The van der Waals surface area contributed by atoms with E-state index in [1.165, 1.54) is 6.42 Å². The first-order chi connectivity index (χ1) is 14.6. The average molecular weight is 400 g/mol. The molecule has 3 aromatic heterocycles. The zero-order valence-electron chi connectivity index (χ0n) is 17.2. The van der Waals surface area contributed by atoms with Crippen molar-refractivity contribution in [1.82, 2.24) is 29.0 Å². The summed E-state index contributed by atoms with van der Waals surface area (Å²) in [5.74, 6) is 0.854. The highest BCUT2D eigenvalue weighted by molar-refractivity contribution is 5.95. The summed E-state index contributed by atoms with van der Waals surface area (Å²) < 4.78 is 3.82. The smallest absolute Gasteiger partial charge is 0.253 e. The zero-order valence-corrected chi connectivity index (χ0v) is 17.2. The Balaban J connectivity index is 1.55. The lowest BCUT2D eigenvalue weighted by atomic mass is 10.1. The normalized spacial score (nSPS) is 14.4. The number of carbonyl (C=O) groups is 1. The summed E-state index contributed by atoms with van der Waals surface area (Å²) in [6.07, 6.45) is 8.84. The number of hydrogen-bond acceptors (Lipinski definition) is 4. The van der Waals surface area contributed by atoms with Crippen LogP contribution in [-0.4, -0.2) is 48.0 Å². The van der Waals surface area contributed by atoms with Gasteiger partial charge >= 0.3 is 0 Å². The number of aryl methyl sites for hydroxylation is 2. The molecule has 0 aliphatic carbocycles. The Bertz CT molecular complexity index is 1230. The van der Waals surface area contributed by atoms with Crippen LogP contribution in [0.5, 0.6) is 0 Å². The van der Waals surface area contributed by atoms with Gasteiger partial charge in [0.15, 0.2) is 5.65 Å². The van der Waals surface area contributed by atoms with E-state index >= 15 is 0 Å². The maximum atomic E-state index is 13.0. The van der Waals surface area contributed by atoms with Crippen LogP contribution in [0.3, 0.4) is 0 Å². The van der Waals surface area contributed by atoms with Crippen molar-refractivity contribution < 1.29 is 4.79 Å². The van der Waals surface area contributed by atoms with Crippen LogP contribution < -0.4 is 0 Å². The zero-order chi connectivity index (χ0) is 20.7. The molecule has 0 spiro atoms. The molecule has 7 heteroatoms. The molecule has 1 saturated heterocycles. The number of benzene rings is 1. The first-order valence-electron chi connectivity index (χ1n) is 10.4. The molecule has 1 aliphatic rings. The Morgan fingerprint density at radius 3 is 2.73 bits per heavy atom. The van der Waals surface area contributed by atoms with Crippen LogP contribution in [0.2, 0.25) is 0 Å². The van der Waals surface area contributed by atoms with Crippen LogP contribution in [0.1, 0.15) is 41.0 Å². The standard InChI is InChI=1S/C23H24N6O/c1-16-13-17(2)29-22(26-16)20(15-25-29)21-24-9-12-28(21)19-8-6-7-18(14-19)23(30)27-10-4-3-5-11-27/h6-9,12-15H,3-5,10-11H2,1-2H3. The van der Waals surface area contributed by atoms with Crippen molar-refractivity contribution in [2.45, 2.75) is 33.1 Å². The van der Waals surface area contributed by atoms with E-state index in [9.17, 15) is 4.79 Å². The summed E-state index contributed by atoms with van der Waals surface area (Å²) in [6, 6.07) is 9.76. The monoisotopic (exact) mass is 400 g/mol. The molecule has 0 radical (unpaired) electrons. The van der Waals surface area contributed by atoms with E-state index < -0.39 is 0 Å². The van der Waals surface area contributed by atoms with Crippen molar-refractivity contribution in [2.75, 3.05) is 13.1 Å². The minimum absolute atomic E-state index is 0.0992. The van der Waals surface area contributed by atoms with Crippen molar-refractivity contribution >= 4 is 11.6 Å². The summed E-state index contributed by atoms with van der Waals surface area (Å²) in [4.78, 5) is 24.2. The SMILES string of the molecule is Cc1cc(C)n2ncc(-c3nccn3-c3cccc(C(=O)N4CCCCC4)c3)c2n1. The highest BCUT2D eigenvalue weighted by Crippen LogP contribution is 2.26. The molecule has 1 amide bonds. The minimum atomic E-state index is 0.0992. The van der Waals surface area contributed by atoms with Gasteiger partial charge in [0.1, 0.15) is 5.82 Å². The third-order valence-corrected chi connectivity index (χ3v) is 5.67. The molecule has 4 aromatic rings. The van der Waals surface area contributed by atoms with Crippen LogP contribution in [0.25, 0.3) is 22.7 Å². The minimum Gasteiger partial charge on any atom is -0.339 e. The largest absolute Gasteiger partial charge is 0.339 e. The number of likely N-dealkylation sites (tertiary alicyclic amines) is 1. The highest BCUT2D eigenvalue weighted by atomic mass is 16.2. The maximum absolute atomic E-state index is 13.0. The summed E-state index contributed by atoms with van der Waals surface area (Å²) in [5, 5.41) is 4.50. The molecular formula is C23H24N6O. The van der Waals surface area contributed by atoms with Gasteiger partial charge in [-0.3, -0.25) is 9.36 Å². The molecule has 0 saturated carbocycles. The molecule has 152 valence electrons. The van der Waals surface area contributed by atoms with E-state index in [-0.39, 0.29) is 5.91 Å². The van der Waals surface area contributed by atoms with Crippen molar-refractivity contribution in [2.24, 2.45) is 0 Å². The van der Waals surface area contributed by atoms with E-state index in [1.807, 2.05) is 64.4 Å². The van der Waals surface area contributed by atoms with Gasteiger partial charge < -0.3 is 4.90 Å². The van der Waals surface area contributed by atoms with Crippen LogP contribution in [-0.2, 0) is 0 Å². The molecule has 1 aliphatic heterocycles. The fourth-order valence-electron chi connectivity index (χ4n) is 4.21. The van der Waals surface area contributed by atoms with Crippen molar-refractivity contribution in [3.8, 4) is 17.1 Å². The Labute approximate surface area is 175 Å². The van der Waals surface area contributed by atoms with E-state index in [2.05, 4.69) is 15.1 Å². The number of rotatable bonds is 3. The topological polar surface area (TPSA) is 68.3 Å². The predicted octanol–water partition coefficient (Wildman–Crippen LogP) is 3.82. The Morgan fingerprint density at radius 2 is 1.90 bits per heavy atom. The molecule has 0 N–H and O–H groups in total. The van der Waals surface area contributed by atoms with E-state index in [1.54, 1.807) is 12.4 Å². The third kappa shape index (κ3) is 3.16. The lowest BCUT2D eigenvalue weighted by molar-refractivity contribution is 0.0724. The van der Waals surface area contributed by atoms with Crippen molar-refractivity contribution in [1.29, 1.82) is 0 Å². The Hall–Kier alpha value is -3.48. The number of hydrogen-bond donors (Lipinski definition) is 0. The fourth-order valence-corrected chi connectivity index (χ4v) is 4.21. The molecule has 1 aromatic carbocycles. The fraction of sp³-hybridized carbons (Fsp3) is 0.304. The molecule has 0 bridgehead atoms. The lowest BCUT2D eigenvalue weighted by Crippen LogP contribution is -2.35. The second-order valence-corrected chi connectivity index (χ2v) is 7.86. The number of fused-ring (bicyclic) bond motifs is 1. The van der Waals surface area contributed by atoms with Crippen LogP contribution in [0.15, 0.2) is 48.9 Å². The number of piperidine rings is 1. The molecule has 4 heterocycles. The number of aromatic nitrogens is 5. The summed E-state index contributed by atoms with van der Waals surface area (Å²) >= 11 is 0. The van der Waals surface area contributed by atoms with E-state index in [4.69, 9.17) is 0 Å². The average Bonchev–Trinajstić information content (AvgIpc) is 3.41. The first-order valence-corrected chi connectivity index (χ1v) is 10.4. The molecule has 0 unspecified atom stereocenters. The summed E-state index contributed by atoms with van der Waals surface area (Å²) in [7, 11) is 0. The lowest BCUT2D eigenvalue weighted by Gasteiger charge is -2.26. The molecule has 5 rings (SSSR count). The van der Waals surface area contributed by atoms with E-state index in [0.717, 1.165) is 60.0 Å². The van der Waals surface area contributed by atoms with Crippen molar-refractivity contribution in [3.63, 3.8) is 0 Å². The van der Waals surface area contributed by atoms with Gasteiger partial charge in [0.25, 0.3) is 5.91 Å². The number of imidazole rings is 1. The van der Waals surface area contributed by atoms with Crippen LogP contribution in [0, 0.1) is 13.8 Å².